The number of aromatic nitrogens is 2. The third-order valence-corrected chi connectivity index (χ3v) is 5.29. The summed E-state index contributed by atoms with van der Waals surface area (Å²) in [6.45, 7) is 5.06. The van der Waals surface area contributed by atoms with E-state index in [1.54, 1.807) is 6.07 Å². The van der Waals surface area contributed by atoms with E-state index in [9.17, 15) is 9.59 Å². The van der Waals surface area contributed by atoms with Crippen LogP contribution in [0.5, 0.6) is 0 Å². The molecule has 0 bridgehead atoms. The van der Waals surface area contributed by atoms with Crippen LogP contribution in [0.15, 0.2) is 18.2 Å². The molecule has 1 saturated heterocycles. The van der Waals surface area contributed by atoms with Gasteiger partial charge in [0.25, 0.3) is 0 Å². The number of fused-ring (bicyclic) bond motifs is 3. The number of nitrogens with zero attached hydrogens (tertiary/aromatic N) is 4. The molecule has 0 spiro atoms. The quantitative estimate of drug-likeness (QED) is 0.729. The van der Waals surface area contributed by atoms with Crippen LogP contribution in [-0.2, 0) is 6.42 Å². The molecule has 1 aliphatic heterocycles. The van der Waals surface area contributed by atoms with Crippen molar-refractivity contribution in [1.82, 2.24) is 20.1 Å². The van der Waals surface area contributed by atoms with Gasteiger partial charge in [-0.25, -0.2) is 14.8 Å². The molecule has 1 aromatic carbocycles. The van der Waals surface area contributed by atoms with Gasteiger partial charge < -0.3 is 10.6 Å². The monoisotopic (exact) mass is 368 g/mol. The van der Waals surface area contributed by atoms with Crippen molar-refractivity contribution < 1.29 is 9.59 Å². The van der Waals surface area contributed by atoms with Crippen molar-refractivity contribution in [2.45, 2.75) is 19.8 Å². The van der Waals surface area contributed by atoms with Crippen LogP contribution in [0, 0.1) is 0 Å². The topological polar surface area (TPSA) is 98.6 Å². The van der Waals surface area contributed by atoms with E-state index in [-0.39, 0.29) is 5.78 Å². The summed E-state index contributed by atoms with van der Waals surface area (Å²) in [4.78, 5) is 27.8. The molecule has 2 amide bonds. The number of nitrogens with one attached hydrogen (secondary N) is 1. The fraction of sp³-hybridized carbons (Fsp3) is 0.421. The lowest BCUT2D eigenvalue weighted by Gasteiger charge is -2.39. The van der Waals surface area contributed by atoms with Gasteiger partial charge in [0.1, 0.15) is 5.69 Å². The number of anilines is 1. The van der Waals surface area contributed by atoms with Gasteiger partial charge in [-0.05, 0) is 19.5 Å². The molecule has 1 aliphatic carbocycles. The second-order valence-electron chi connectivity index (χ2n) is 7.11. The van der Waals surface area contributed by atoms with Gasteiger partial charge in [0.05, 0.1) is 16.8 Å². The van der Waals surface area contributed by atoms with Gasteiger partial charge in [-0.3, -0.25) is 9.89 Å². The highest BCUT2D eigenvalue weighted by Crippen LogP contribution is 2.42. The van der Waals surface area contributed by atoms with Crippen molar-refractivity contribution in [2.24, 2.45) is 5.73 Å². The average molecular weight is 368 g/mol. The number of piperazine rings is 1. The number of H-pyrrole nitrogens is 1. The summed E-state index contributed by atoms with van der Waals surface area (Å²) in [5.74, 6) is -0.0897. The molecule has 0 atom stereocenters. The Morgan fingerprint density at radius 3 is 2.67 bits per heavy atom. The predicted octanol–water partition coefficient (Wildman–Crippen LogP) is 1.62. The first-order valence-corrected chi connectivity index (χ1v) is 9.31. The third kappa shape index (κ3) is 2.81. The SMILES string of the molecule is CCCc1[nH]nc2c1C(=O)c1c-2cccc1N(C(N)=O)N1CCN(C)CC1. The molecule has 2 aromatic rings. The van der Waals surface area contributed by atoms with Gasteiger partial charge in [0.2, 0.25) is 0 Å². The van der Waals surface area contributed by atoms with Crippen LogP contribution in [0.1, 0.15) is 35.0 Å². The van der Waals surface area contributed by atoms with Crippen LogP contribution in [0.2, 0.25) is 0 Å². The summed E-state index contributed by atoms with van der Waals surface area (Å²) in [5.41, 5.74) is 9.68. The lowest BCUT2D eigenvalue weighted by molar-refractivity contribution is 0.104. The van der Waals surface area contributed by atoms with Crippen molar-refractivity contribution in [2.75, 3.05) is 38.2 Å². The maximum atomic E-state index is 13.3. The van der Waals surface area contributed by atoms with Gasteiger partial charge >= 0.3 is 6.03 Å². The Kier molecular flexibility index (Phi) is 4.45. The maximum Gasteiger partial charge on any atom is 0.334 e. The molecular weight excluding hydrogens is 344 g/mol. The number of amides is 2. The molecule has 142 valence electrons. The van der Waals surface area contributed by atoms with E-state index in [1.165, 1.54) is 5.01 Å². The van der Waals surface area contributed by atoms with Crippen LogP contribution in [0.4, 0.5) is 10.5 Å². The predicted molar refractivity (Wildman–Crippen MR) is 103 cm³/mol. The van der Waals surface area contributed by atoms with Crippen LogP contribution in [-0.4, -0.2) is 65.1 Å². The van der Waals surface area contributed by atoms with E-state index in [0.29, 0.717) is 35.6 Å². The van der Waals surface area contributed by atoms with Gasteiger partial charge in [-0.1, -0.05) is 25.5 Å². The Labute approximate surface area is 157 Å². The average Bonchev–Trinajstić information content (AvgIpc) is 3.18. The molecule has 3 N–H and O–H groups in total. The fourth-order valence-corrected chi connectivity index (χ4v) is 3.93. The molecule has 2 heterocycles. The van der Waals surface area contributed by atoms with Crippen LogP contribution in [0.3, 0.4) is 0 Å². The summed E-state index contributed by atoms with van der Waals surface area (Å²) in [6, 6.07) is 4.93. The maximum absolute atomic E-state index is 13.3. The molecule has 4 rings (SSSR count). The summed E-state index contributed by atoms with van der Waals surface area (Å²) >= 11 is 0. The molecular formula is C19H24N6O2. The van der Waals surface area contributed by atoms with E-state index in [0.717, 1.165) is 37.2 Å². The van der Waals surface area contributed by atoms with Crippen molar-refractivity contribution in [3.8, 4) is 11.3 Å². The Morgan fingerprint density at radius 1 is 1.26 bits per heavy atom. The number of rotatable bonds is 4. The standard InChI is InChI=1S/C19H24N6O2/c1-3-5-13-16-17(22-21-13)12-6-4-7-14(15(12)18(16)26)25(19(20)27)24-10-8-23(2)9-11-24/h4,6-7H,3,5,8-11H2,1-2H3,(H2,20,27)(H,21,22). The Balaban J connectivity index is 1.78. The number of likely N-dealkylation sites (N-methyl/N-ethyl adjacent to an activating group) is 1. The van der Waals surface area contributed by atoms with E-state index < -0.39 is 6.03 Å². The summed E-state index contributed by atoms with van der Waals surface area (Å²) < 4.78 is 0. The van der Waals surface area contributed by atoms with Crippen molar-refractivity contribution in [3.05, 3.63) is 35.0 Å². The number of ketones is 1. The first-order chi connectivity index (χ1) is 13.0. The summed E-state index contributed by atoms with van der Waals surface area (Å²) in [5, 5.41) is 10.7. The second kappa shape index (κ2) is 6.79. The minimum Gasteiger partial charge on any atom is -0.350 e. The van der Waals surface area contributed by atoms with Gasteiger partial charge in [0, 0.05) is 37.4 Å². The molecule has 0 unspecified atom stereocenters. The van der Waals surface area contributed by atoms with Crippen LogP contribution >= 0.6 is 0 Å². The lowest BCUT2D eigenvalue weighted by Crippen LogP contribution is -2.56. The number of hydrogen-bond acceptors (Lipinski definition) is 5. The number of nitrogens with two attached hydrogens (primary N) is 1. The van der Waals surface area contributed by atoms with E-state index in [1.807, 2.05) is 24.2 Å². The zero-order chi connectivity index (χ0) is 19.1. The number of hydrazine groups is 1. The van der Waals surface area contributed by atoms with Crippen molar-refractivity contribution in [3.63, 3.8) is 0 Å². The number of carbonyl (C=O) groups excluding carboxylic acids is 2. The minimum absolute atomic E-state index is 0.0897. The molecule has 0 saturated carbocycles. The number of carbonyl (C=O) groups is 2. The first kappa shape index (κ1) is 17.7. The number of urea groups is 1. The number of benzene rings is 1. The summed E-state index contributed by atoms with van der Waals surface area (Å²) in [7, 11) is 2.05. The number of hydrogen-bond donors (Lipinski definition) is 2. The van der Waals surface area contributed by atoms with Crippen LogP contribution in [0.25, 0.3) is 11.3 Å². The first-order valence-electron chi connectivity index (χ1n) is 9.31. The minimum atomic E-state index is -0.583. The molecule has 2 aliphatic rings. The molecule has 8 heteroatoms. The highest BCUT2D eigenvalue weighted by Gasteiger charge is 2.37. The van der Waals surface area contributed by atoms with Gasteiger partial charge in [-0.2, -0.15) is 5.10 Å². The number of primary amides is 1. The number of aryl methyl sites for hydroxylation is 1. The third-order valence-electron chi connectivity index (χ3n) is 5.29. The van der Waals surface area contributed by atoms with Crippen molar-refractivity contribution in [1.29, 1.82) is 0 Å². The smallest absolute Gasteiger partial charge is 0.334 e. The Hall–Kier alpha value is -2.71. The zero-order valence-corrected chi connectivity index (χ0v) is 15.7. The molecule has 0 radical (unpaired) electrons. The largest absolute Gasteiger partial charge is 0.350 e. The summed E-state index contributed by atoms with van der Waals surface area (Å²) in [6.07, 6.45) is 1.68. The van der Waals surface area contributed by atoms with E-state index in [2.05, 4.69) is 22.0 Å². The van der Waals surface area contributed by atoms with Crippen LogP contribution < -0.4 is 10.7 Å². The van der Waals surface area contributed by atoms with Gasteiger partial charge in [0.15, 0.2) is 5.78 Å². The Bertz CT molecular complexity index is 898. The Morgan fingerprint density at radius 2 is 2.00 bits per heavy atom. The molecule has 1 aromatic heterocycles. The fourth-order valence-electron chi connectivity index (χ4n) is 3.93. The molecule has 27 heavy (non-hydrogen) atoms. The lowest BCUT2D eigenvalue weighted by atomic mass is 10.0. The molecule has 8 nitrogen and oxygen atoms in total. The highest BCUT2D eigenvalue weighted by atomic mass is 16.2. The highest BCUT2D eigenvalue weighted by molar-refractivity contribution is 6.25. The van der Waals surface area contributed by atoms with E-state index >= 15 is 0 Å². The zero-order valence-electron chi connectivity index (χ0n) is 15.7. The van der Waals surface area contributed by atoms with E-state index in [4.69, 9.17) is 5.73 Å². The molecule has 1 fully saturated rings. The van der Waals surface area contributed by atoms with Crippen molar-refractivity contribution >= 4 is 17.5 Å². The second-order valence-corrected chi connectivity index (χ2v) is 7.11. The normalized spacial score (nSPS) is 17.0. The van der Waals surface area contributed by atoms with Gasteiger partial charge in [-0.15, -0.1) is 0 Å². The number of aromatic amines is 1.